The van der Waals surface area contributed by atoms with Crippen LogP contribution in [0.4, 0.5) is 13.2 Å². The molecule has 0 saturated carbocycles. The first-order chi connectivity index (χ1) is 11.7. The van der Waals surface area contributed by atoms with Crippen molar-refractivity contribution in [3.8, 4) is 5.75 Å². The molecule has 134 valence electrons. The Balaban J connectivity index is 1.86. The molecule has 10 heteroatoms. The highest BCUT2D eigenvalue weighted by molar-refractivity contribution is 7.09. The van der Waals surface area contributed by atoms with E-state index in [-0.39, 0.29) is 36.4 Å². The molecule has 0 unspecified atom stereocenters. The highest BCUT2D eigenvalue weighted by Gasteiger charge is 2.31. The molecule has 25 heavy (non-hydrogen) atoms. The summed E-state index contributed by atoms with van der Waals surface area (Å²) in [6.45, 7) is 0.0531. The number of halogens is 3. The van der Waals surface area contributed by atoms with Gasteiger partial charge in [0.2, 0.25) is 5.91 Å². The van der Waals surface area contributed by atoms with Crippen molar-refractivity contribution in [1.82, 2.24) is 10.3 Å². The molecule has 1 aromatic heterocycles. The van der Waals surface area contributed by atoms with E-state index >= 15 is 0 Å². The Morgan fingerprint density at radius 1 is 1.28 bits per heavy atom. The molecule has 1 aromatic carbocycles. The number of rotatable bonds is 7. The van der Waals surface area contributed by atoms with Gasteiger partial charge in [-0.3, -0.25) is 4.79 Å². The van der Waals surface area contributed by atoms with Gasteiger partial charge in [0.05, 0.1) is 6.54 Å². The van der Waals surface area contributed by atoms with Crippen molar-refractivity contribution < 1.29 is 32.6 Å². The molecule has 1 heterocycles. The first-order valence-electron chi connectivity index (χ1n) is 7.02. The molecule has 6 nitrogen and oxygen atoms in total. The smallest absolute Gasteiger partial charge is 0.476 e. The molecule has 0 bridgehead atoms. The molecular weight excluding hydrogens is 361 g/mol. The number of hydrogen-bond donors (Lipinski definition) is 2. The van der Waals surface area contributed by atoms with E-state index in [1.54, 1.807) is 6.07 Å². The van der Waals surface area contributed by atoms with E-state index < -0.39 is 18.2 Å². The van der Waals surface area contributed by atoms with Crippen LogP contribution in [0.25, 0.3) is 0 Å². The minimum atomic E-state index is -4.80. The zero-order valence-electron chi connectivity index (χ0n) is 12.7. The standard InChI is InChI=1S/C15H13F3N2O4S/c16-15(17,18)24-11-4-2-1-3-9(11)5-6-12(21)19-7-13-20-10(8-25-13)14(22)23/h1-4,8H,5-7H2,(H,19,21)(H,22,23). The summed E-state index contributed by atoms with van der Waals surface area (Å²) in [6, 6.07) is 5.60. The topological polar surface area (TPSA) is 88.5 Å². The first kappa shape index (κ1) is 18.7. The Hall–Kier alpha value is -2.62. The molecule has 0 aliphatic carbocycles. The number of benzene rings is 1. The summed E-state index contributed by atoms with van der Waals surface area (Å²) in [7, 11) is 0. The first-order valence-corrected chi connectivity index (χ1v) is 7.90. The molecule has 0 saturated heterocycles. The maximum atomic E-state index is 12.3. The minimum Gasteiger partial charge on any atom is -0.476 e. The maximum absolute atomic E-state index is 12.3. The van der Waals surface area contributed by atoms with Gasteiger partial charge >= 0.3 is 12.3 Å². The predicted octanol–water partition coefficient (Wildman–Crippen LogP) is 2.99. The van der Waals surface area contributed by atoms with Crippen LogP contribution in [0.5, 0.6) is 5.75 Å². The molecule has 2 aromatic rings. The summed E-state index contributed by atoms with van der Waals surface area (Å²) in [5.74, 6) is -1.89. The molecule has 0 spiro atoms. The maximum Gasteiger partial charge on any atom is 0.573 e. The third kappa shape index (κ3) is 6.07. The quantitative estimate of drug-likeness (QED) is 0.778. The van der Waals surface area contributed by atoms with Crippen molar-refractivity contribution in [2.75, 3.05) is 0 Å². The van der Waals surface area contributed by atoms with Gasteiger partial charge in [-0.2, -0.15) is 0 Å². The summed E-state index contributed by atoms with van der Waals surface area (Å²) in [5.41, 5.74) is 0.157. The monoisotopic (exact) mass is 374 g/mol. The number of carboxylic acids is 1. The van der Waals surface area contributed by atoms with E-state index in [1.807, 2.05) is 0 Å². The fraction of sp³-hybridized carbons (Fsp3) is 0.267. The van der Waals surface area contributed by atoms with Gasteiger partial charge in [-0.15, -0.1) is 24.5 Å². The van der Waals surface area contributed by atoms with Crippen LogP contribution in [-0.2, 0) is 17.8 Å². The van der Waals surface area contributed by atoms with Gasteiger partial charge < -0.3 is 15.2 Å². The fourth-order valence-corrected chi connectivity index (χ4v) is 2.64. The second-order valence-corrected chi connectivity index (χ2v) is 5.81. The Morgan fingerprint density at radius 2 is 2.00 bits per heavy atom. The van der Waals surface area contributed by atoms with Crippen LogP contribution in [0.15, 0.2) is 29.6 Å². The number of alkyl halides is 3. The van der Waals surface area contributed by atoms with Crippen molar-refractivity contribution in [3.63, 3.8) is 0 Å². The number of carbonyl (C=O) groups is 2. The number of ether oxygens (including phenoxy) is 1. The molecule has 2 N–H and O–H groups in total. The second-order valence-electron chi connectivity index (χ2n) is 4.86. The number of nitrogens with one attached hydrogen (secondary N) is 1. The summed E-state index contributed by atoms with van der Waals surface area (Å²) in [6.07, 6.45) is -4.78. The molecule has 0 aliphatic heterocycles. The van der Waals surface area contributed by atoms with Crippen LogP contribution in [0.3, 0.4) is 0 Å². The fourth-order valence-electron chi connectivity index (χ4n) is 1.94. The van der Waals surface area contributed by atoms with Crippen molar-refractivity contribution in [2.45, 2.75) is 25.7 Å². The lowest BCUT2D eigenvalue weighted by atomic mass is 10.1. The summed E-state index contributed by atoms with van der Waals surface area (Å²) in [5, 5.41) is 13.1. The van der Waals surface area contributed by atoms with Gasteiger partial charge in [-0.05, 0) is 18.1 Å². The molecule has 0 aliphatic rings. The Bertz CT molecular complexity index is 761. The second kappa shape index (κ2) is 7.97. The van der Waals surface area contributed by atoms with Crippen molar-refractivity contribution in [2.24, 2.45) is 0 Å². The summed E-state index contributed by atoms with van der Waals surface area (Å²) in [4.78, 5) is 26.3. The summed E-state index contributed by atoms with van der Waals surface area (Å²) < 4.78 is 40.9. The lowest BCUT2D eigenvalue weighted by molar-refractivity contribution is -0.274. The number of nitrogens with zero attached hydrogens (tertiary/aromatic N) is 1. The van der Waals surface area contributed by atoms with Crippen LogP contribution in [-0.4, -0.2) is 28.3 Å². The van der Waals surface area contributed by atoms with Crippen molar-refractivity contribution >= 4 is 23.2 Å². The average molecular weight is 374 g/mol. The predicted molar refractivity (Wildman–Crippen MR) is 82.4 cm³/mol. The lowest BCUT2D eigenvalue weighted by Crippen LogP contribution is -2.23. The Labute approximate surface area is 144 Å². The van der Waals surface area contributed by atoms with Gasteiger partial charge in [0, 0.05) is 11.8 Å². The van der Waals surface area contributed by atoms with Gasteiger partial charge in [0.1, 0.15) is 10.8 Å². The number of aromatic carboxylic acids is 1. The van der Waals surface area contributed by atoms with E-state index in [2.05, 4.69) is 15.0 Å². The van der Waals surface area contributed by atoms with Gasteiger partial charge in [-0.25, -0.2) is 9.78 Å². The highest BCUT2D eigenvalue weighted by atomic mass is 32.1. The zero-order chi connectivity index (χ0) is 18.4. The van der Waals surface area contributed by atoms with Crippen LogP contribution < -0.4 is 10.1 Å². The molecular formula is C15H13F3N2O4S. The highest BCUT2D eigenvalue weighted by Crippen LogP contribution is 2.26. The molecule has 0 radical (unpaired) electrons. The van der Waals surface area contributed by atoms with Crippen LogP contribution in [0.2, 0.25) is 0 Å². The SMILES string of the molecule is O=C(CCc1ccccc1OC(F)(F)F)NCc1nc(C(=O)O)cs1. The molecule has 0 atom stereocenters. The Morgan fingerprint density at radius 3 is 2.64 bits per heavy atom. The number of para-hydroxylation sites is 1. The van der Waals surface area contributed by atoms with Gasteiger partial charge in [-0.1, -0.05) is 18.2 Å². The van der Waals surface area contributed by atoms with E-state index in [4.69, 9.17) is 5.11 Å². The average Bonchev–Trinajstić information content (AvgIpc) is 3.00. The van der Waals surface area contributed by atoms with Gasteiger partial charge in [0.25, 0.3) is 0 Å². The number of amides is 1. The number of carbonyl (C=O) groups excluding carboxylic acids is 1. The van der Waals surface area contributed by atoms with Crippen molar-refractivity contribution in [1.29, 1.82) is 0 Å². The van der Waals surface area contributed by atoms with Crippen LogP contribution >= 0.6 is 11.3 Å². The summed E-state index contributed by atoms with van der Waals surface area (Å²) >= 11 is 1.09. The van der Waals surface area contributed by atoms with Gasteiger partial charge in [0.15, 0.2) is 5.69 Å². The number of thiazole rings is 1. The largest absolute Gasteiger partial charge is 0.573 e. The van der Waals surface area contributed by atoms with E-state index in [0.717, 1.165) is 11.3 Å². The number of aryl methyl sites for hydroxylation is 1. The van der Waals surface area contributed by atoms with E-state index in [0.29, 0.717) is 5.01 Å². The molecule has 0 fully saturated rings. The van der Waals surface area contributed by atoms with Crippen molar-refractivity contribution in [3.05, 3.63) is 45.9 Å². The number of carboxylic acid groups (broad SMARTS) is 1. The number of aromatic nitrogens is 1. The third-order valence-corrected chi connectivity index (χ3v) is 3.88. The lowest BCUT2D eigenvalue weighted by Gasteiger charge is -2.13. The minimum absolute atomic E-state index is 0.0462. The normalized spacial score (nSPS) is 11.2. The molecule has 2 rings (SSSR count). The zero-order valence-corrected chi connectivity index (χ0v) is 13.5. The van der Waals surface area contributed by atoms with Crippen LogP contribution in [0, 0.1) is 0 Å². The number of hydrogen-bond acceptors (Lipinski definition) is 5. The molecule has 1 amide bonds. The third-order valence-electron chi connectivity index (χ3n) is 3.03. The van der Waals surface area contributed by atoms with E-state index in [9.17, 15) is 22.8 Å². The Kier molecular flexibility index (Phi) is 5.97. The van der Waals surface area contributed by atoms with Crippen LogP contribution in [0.1, 0.15) is 27.5 Å². The van der Waals surface area contributed by atoms with E-state index in [1.165, 1.54) is 23.6 Å².